The molecule has 2 N–H and O–H groups in total. The highest BCUT2D eigenvalue weighted by Crippen LogP contribution is 2.36. The predicted molar refractivity (Wildman–Crippen MR) is 120 cm³/mol. The van der Waals surface area contributed by atoms with Crippen LogP contribution in [0, 0.1) is 0 Å². The molecule has 2 aliphatic heterocycles. The molecule has 2 amide bonds. The Balaban J connectivity index is 1.54. The molecule has 5 rings (SSSR count). The maximum Gasteiger partial charge on any atom is 0.256 e. The summed E-state index contributed by atoms with van der Waals surface area (Å²) in [6, 6.07) is 15.9. The summed E-state index contributed by atoms with van der Waals surface area (Å²) in [4.78, 5) is 29.4. The van der Waals surface area contributed by atoms with Gasteiger partial charge in [-0.1, -0.05) is 29.3 Å². The first-order valence-corrected chi connectivity index (χ1v) is 9.86. The molecule has 2 aliphatic rings. The summed E-state index contributed by atoms with van der Waals surface area (Å²) >= 11 is 12.2. The van der Waals surface area contributed by atoms with Crippen molar-refractivity contribution in [3.8, 4) is 0 Å². The molecule has 0 atom stereocenters. The van der Waals surface area contributed by atoms with Crippen molar-refractivity contribution in [3.05, 3.63) is 87.2 Å². The van der Waals surface area contributed by atoms with E-state index in [0.717, 1.165) is 11.1 Å². The van der Waals surface area contributed by atoms with Crippen molar-refractivity contribution in [3.63, 3.8) is 0 Å². The lowest BCUT2D eigenvalue weighted by atomic mass is 10.0. The number of rotatable bonds is 2. The average molecular weight is 434 g/mol. The van der Waals surface area contributed by atoms with Gasteiger partial charge < -0.3 is 10.6 Å². The van der Waals surface area contributed by atoms with Crippen LogP contribution in [0.15, 0.2) is 54.6 Å². The number of pyridine rings is 1. The summed E-state index contributed by atoms with van der Waals surface area (Å²) in [6.45, 7) is 0. The Labute approximate surface area is 182 Å². The maximum atomic E-state index is 12.4. The Morgan fingerprint density at radius 2 is 1.17 bits per heavy atom. The Morgan fingerprint density at radius 1 is 0.700 bits per heavy atom. The van der Waals surface area contributed by atoms with Gasteiger partial charge in [-0.2, -0.15) is 0 Å². The molecule has 0 spiro atoms. The van der Waals surface area contributed by atoms with E-state index in [0.29, 0.717) is 44.0 Å². The standard InChI is InChI=1S/C23H13Cl2N3O2/c24-12-4-6-20-16(8-12)18(22(29)27-20)10-14-2-1-3-15(26-14)11-19-17-9-13(25)5-7-21(17)28-23(19)30/h1-11H,(H,27,29)(H,28,30)/b18-10+,19-11+. The summed E-state index contributed by atoms with van der Waals surface area (Å²) in [5.74, 6) is -0.423. The number of benzene rings is 2. The summed E-state index contributed by atoms with van der Waals surface area (Å²) in [5, 5.41) is 6.74. The summed E-state index contributed by atoms with van der Waals surface area (Å²) in [6.07, 6.45) is 3.41. The third kappa shape index (κ3) is 3.28. The molecule has 0 bridgehead atoms. The first-order chi connectivity index (χ1) is 14.5. The molecular formula is C23H13Cl2N3O2. The van der Waals surface area contributed by atoms with E-state index in [1.54, 1.807) is 60.7 Å². The molecule has 0 fully saturated rings. The van der Waals surface area contributed by atoms with Crippen LogP contribution in [-0.2, 0) is 9.59 Å². The molecule has 1 aromatic heterocycles. The molecule has 5 nitrogen and oxygen atoms in total. The van der Waals surface area contributed by atoms with Gasteiger partial charge in [0.2, 0.25) is 0 Å². The average Bonchev–Trinajstić information content (AvgIpc) is 3.19. The van der Waals surface area contributed by atoms with Crippen molar-refractivity contribution in [2.24, 2.45) is 0 Å². The van der Waals surface area contributed by atoms with E-state index < -0.39 is 0 Å². The normalized spacial score (nSPS) is 17.1. The number of fused-ring (bicyclic) bond motifs is 2. The number of nitrogens with one attached hydrogen (secondary N) is 2. The zero-order chi connectivity index (χ0) is 20.8. The van der Waals surface area contributed by atoms with Crippen molar-refractivity contribution >= 4 is 69.7 Å². The van der Waals surface area contributed by atoms with E-state index >= 15 is 0 Å². The quantitative estimate of drug-likeness (QED) is 0.533. The molecule has 0 unspecified atom stereocenters. The van der Waals surface area contributed by atoms with Crippen LogP contribution in [-0.4, -0.2) is 16.8 Å². The van der Waals surface area contributed by atoms with Gasteiger partial charge in [-0.05, 0) is 60.7 Å². The van der Waals surface area contributed by atoms with Crippen molar-refractivity contribution < 1.29 is 9.59 Å². The summed E-state index contributed by atoms with van der Waals surface area (Å²) < 4.78 is 0. The third-order valence-electron chi connectivity index (χ3n) is 4.91. The lowest BCUT2D eigenvalue weighted by molar-refractivity contribution is -0.111. The smallest absolute Gasteiger partial charge is 0.256 e. The number of anilines is 2. The number of nitrogens with zero attached hydrogens (tertiary/aromatic N) is 1. The van der Waals surface area contributed by atoms with Crippen LogP contribution in [0.25, 0.3) is 23.3 Å². The van der Waals surface area contributed by atoms with Crippen molar-refractivity contribution in [2.45, 2.75) is 0 Å². The van der Waals surface area contributed by atoms with Crippen molar-refractivity contribution in [1.29, 1.82) is 0 Å². The Morgan fingerprint density at radius 3 is 1.63 bits per heavy atom. The lowest BCUT2D eigenvalue weighted by Crippen LogP contribution is -2.04. The Bertz CT molecular complexity index is 1210. The summed E-state index contributed by atoms with van der Waals surface area (Å²) in [5.41, 5.74) is 5.05. The monoisotopic (exact) mass is 433 g/mol. The zero-order valence-corrected chi connectivity index (χ0v) is 16.9. The molecule has 3 heterocycles. The third-order valence-corrected chi connectivity index (χ3v) is 5.38. The fourth-order valence-corrected chi connectivity index (χ4v) is 3.88. The van der Waals surface area contributed by atoms with Gasteiger partial charge in [-0.15, -0.1) is 0 Å². The van der Waals surface area contributed by atoms with Gasteiger partial charge in [0.25, 0.3) is 11.8 Å². The highest BCUT2D eigenvalue weighted by atomic mass is 35.5. The number of carbonyl (C=O) groups is 2. The van der Waals surface area contributed by atoms with E-state index in [-0.39, 0.29) is 11.8 Å². The number of amides is 2. The second-order valence-electron chi connectivity index (χ2n) is 6.89. The van der Waals surface area contributed by atoms with Crippen LogP contribution in [0.5, 0.6) is 0 Å². The zero-order valence-electron chi connectivity index (χ0n) is 15.4. The highest BCUT2D eigenvalue weighted by Gasteiger charge is 2.25. The van der Waals surface area contributed by atoms with Crippen LogP contribution in [0.4, 0.5) is 11.4 Å². The van der Waals surface area contributed by atoms with E-state index in [1.807, 2.05) is 6.07 Å². The van der Waals surface area contributed by atoms with Crippen LogP contribution in [0.1, 0.15) is 22.5 Å². The van der Waals surface area contributed by atoms with Crippen LogP contribution < -0.4 is 10.6 Å². The topological polar surface area (TPSA) is 71.1 Å². The predicted octanol–water partition coefficient (Wildman–Crippen LogP) is 5.37. The first kappa shape index (κ1) is 18.6. The number of aromatic nitrogens is 1. The number of hydrogen-bond acceptors (Lipinski definition) is 3. The van der Waals surface area contributed by atoms with Gasteiger partial charge in [0.05, 0.1) is 22.5 Å². The molecule has 0 saturated carbocycles. The molecule has 2 aromatic carbocycles. The molecule has 0 radical (unpaired) electrons. The van der Waals surface area contributed by atoms with Crippen LogP contribution in [0.3, 0.4) is 0 Å². The van der Waals surface area contributed by atoms with Crippen LogP contribution in [0.2, 0.25) is 10.0 Å². The second kappa shape index (κ2) is 7.13. The van der Waals surface area contributed by atoms with Gasteiger partial charge in [-0.25, -0.2) is 4.98 Å². The molecule has 3 aromatic rings. The minimum atomic E-state index is -0.212. The van der Waals surface area contributed by atoms with Crippen LogP contribution >= 0.6 is 23.2 Å². The van der Waals surface area contributed by atoms with Gasteiger partial charge in [0.15, 0.2) is 0 Å². The molecule has 7 heteroatoms. The van der Waals surface area contributed by atoms with Crippen molar-refractivity contribution in [2.75, 3.05) is 10.6 Å². The largest absolute Gasteiger partial charge is 0.321 e. The summed E-state index contributed by atoms with van der Waals surface area (Å²) in [7, 11) is 0. The van der Waals surface area contributed by atoms with Crippen molar-refractivity contribution in [1.82, 2.24) is 4.98 Å². The Kier molecular flexibility index (Phi) is 4.42. The molecular weight excluding hydrogens is 421 g/mol. The first-order valence-electron chi connectivity index (χ1n) is 9.11. The maximum absolute atomic E-state index is 12.4. The van der Waals surface area contributed by atoms with E-state index in [9.17, 15) is 9.59 Å². The van der Waals surface area contributed by atoms with E-state index in [4.69, 9.17) is 23.2 Å². The molecule has 146 valence electrons. The fraction of sp³-hybridized carbons (Fsp3) is 0. The van der Waals surface area contributed by atoms with E-state index in [1.165, 1.54) is 0 Å². The van der Waals surface area contributed by atoms with E-state index in [2.05, 4.69) is 15.6 Å². The van der Waals surface area contributed by atoms with Gasteiger partial charge in [-0.3, -0.25) is 9.59 Å². The fourth-order valence-electron chi connectivity index (χ4n) is 3.53. The molecule has 30 heavy (non-hydrogen) atoms. The molecule has 0 aliphatic carbocycles. The minimum absolute atomic E-state index is 0.212. The minimum Gasteiger partial charge on any atom is -0.321 e. The van der Waals surface area contributed by atoms with Gasteiger partial charge in [0.1, 0.15) is 0 Å². The molecule has 0 saturated heterocycles. The van der Waals surface area contributed by atoms with Gasteiger partial charge >= 0.3 is 0 Å². The lowest BCUT2D eigenvalue weighted by Gasteiger charge is -2.02. The highest BCUT2D eigenvalue weighted by molar-refractivity contribution is 6.37. The Hall–Kier alpha value is -3.41. The second-order valence-corrected chi connectivity index (χ2v) is 7.76. The number of hydrogen-bond donors (Lipinski definition) is 2. The van der Waals surface area contributed by atoms with Gasteiger partial charge in [0, 0.05) is 32.5 Å². The SMILES string of the molecule is O=C1Nc2ccc(Cl)cc2/C1=C\c1cccc(/C=C2/C(=O)Nc3ccc(Cl)cc32)n1. The number of halogens is 2. The number of carbonyl (C=O) groups excluding carboxylic acids is 2.